The van der Waals surface area contributed by atoms with Crippen LogP contribution in [0.2, 0.25) is 0 Å². The zero-order valence-corrected chi connectivity index (χ0v) is 19.5. The molecule has 0 amide bonds. The van der Waals surface area contributed by atoms with E-state index in [0.717, 1.165) is 16.6 Å². The molecule has 2 aromatic heterocycles. The predicted molar refractivity (Wildman–Crippen MR) is 127 cm³/mol. The van der Waals surface area contributed by atoms with Gasteiger partial charge in [0.1, 0.15) is 5.75 Å². The van der Waals surface area contributed by atoms with Crippen molar-refractivity contribution in [1.29, 1.82) is 0 Å². The average Bonchev–Trinajstić information content (AvgIpc) is 3.18. The van der Waals surface area contributed by atoms with Gasteiger partial charge in [-0.15, -0.1) is 0 Å². The monoisotopic (exact) mass is 518 g/mol. The van der Waals surface area contributed by atoms with Crippen molar-refractivity contribution >= 4 is 39.9 Å². The van der Waals surface area contributed by atoms with Crippen LogP contribution in [0, 0.1) is 17.4 Å². The number of nitrogens with zero attached hydrogens (tertiary/aromatic N) is 2. The number of hydrogen-bond acceptors (Lipinski definition) is 3. The number of H-pyrrole nitrogens is 1. The van der Waals surface area contributed by atoms with Crippen molar-refractivity contribution in [1.82, 2.24) is 20.2 Å². The summed E-state index contributed by atoms with van der Waals surface area (Å²) in [5, 5.41) is 4.27. The highest BCUT2D eigenvalue weighted by molar-refractivity contribution is 14.1. The zero-order chi connectivity index (χ0) is 20.5. The maximum atomic E-state index is 5.79. The maximum Gasteiger partial charge on any atom is 0.170 e. The number of hydrogen-bond donors (Lipinski definition) is 2. The molecular formula is C22H23IN4OS. The fourth-order valence-electron chi connectivity index (χ4n) is 3.94. The molecule has 0 aliphatic carbocycles. The molecular weight excluding hydrogens is 495 g/mol. The SMILES string of the molecule is COc1ccc(CN2C(=S)N[C@H](c3ccccn3)[C@H]2c2c(C)[nH]c(C)c2I)cc1. The van der Waals surface area contributed by atoms with E-state index in [2.05, 4.69) is 74.8 Å². The fourth-order valence-corrected chi connectivity index (χ4v) is 5.10. The first-order valence-corrected chi connectivity index (χ1v) is 10.9. The van der Waals surface area contributed by atoms with Gasteiger partial charge in [-0.2, -0.15) is 0 Å². The van der Waals surface area contributed by atoms with Crippen LogP contribution in [0.5, 0.6) is 5.75 Å². The van der Waals surface area contributed by atoms with Gasteiger partial charge in [0.15, 0.2) is 5.11 Å². The Hall–Kier alpha value is -2.13. The number of halogens is 1. The van der Waals surface area contributed by atoms with E-state index in [-0.39, 0.29) is 12.1 Å². The van der Waals surface area contributed by atoms with Gasteiger partial charge in [0, 0.05) is 33.3 Å². The summed E-state index contributed by atoms with van der Waals surface area (Å²) in [5.41, 5.74) is 5.80. The summed E-state index contributed by atoms with van der Waals surface area (Å²) in [6.45, 7) is 4.96. The minimum atomic E-state index is -0.00985. The molecule has 0 saturated carbocycles. The first kappa shape index (κ1) is 20.2. The third-order valence-electron chi connectivity index (χ3n) is 5.35. The van der Waals surface area contributed by atoms with Gasteiger partial charge in [-0.05, 0) is 78.5 Å². The van der Waals surface area contributed by atoms with E-state index in [1.54, 1.807) is 7.11 Å². The Bertz CT molecular complexity index is 1020. The lowest BCUT2D eigenvalue weighted by Gasteiger charge is -2.28. The second kappa shape index (κ2) is 8.31. The van der Waals surface area contributed by atoms with Gasteiger partial charge >= 0.3 is 0 Å². The number of aromatic nitrogens is 2. The number of ether oxygens (including phenoxy) is 1. The minimum absolute atomic E-state index is 0.00985. The van der Waals surface area contributed by atoms with Gasteiger partial charge in [-0.3, -0.25) is 4.98 Å². The van der Waals surface area contributed by atoms with Crippen LogP contribution in [-0.2, 0) is 6.54 Å². The van der Waals surface area contributed by atoms with E-state index in [9.17, 15) is 0 Å². The third-order valence-corrected chi connectivity index (χ3v) is 7.09. The summed E-state index contributed by atoms with van der Waals surface area (Å²) >= 11 is 8.22. The largest absolute Gasteiger partial charge is 0.497 e. The molecule has 0 radical (unpaired) electrons. The highest BCUT2D eigenvalue weighted by atomic mass is 127. The highest BCUT2D eigenvalue weighted by Gasteiger charge is 2.42. The molecule has 3 heterocycles. The highest BCUT2D eigenvalue weighted by Crippen LogP contribution is 2.43. The Morgan fingerprint density at radius 1 is 1.14 bits per heavy atom. The quantitative estimate of drug-likeness (QED) is 0.375. The number of benzene rings is 1. The van der Waals surface area contributed by atoms with E-state index in [4.69, 9.17) is 17.0 Å². The van der Waals surface area contributed by atoms with E-state index >= 15 is 0 Å². The summed E-state index contributed by atoms with van der Waals surface area (Å²) in [5.74, 6) is 0.852. The lowest BCUT2D eigenvalue weighted by atomic mass is 9.96. The molecule has 1 aliphatic heterocycles. The average molecular weight is 518 g/mol. The molecule has 0 unspecified atom stereocenters. The van der Waals surface area contributed by atoms with Gasteiger partial charge in [0.2, 0.25) is 0 Å². The van der Waals surface area contributed by atoms with Crippen LogP contribution >= 0.6 is 34.8 Å². The fraction of sp³-hybridized carbons (Fsp3) is 0.273. The maximum absolute atomic E-state index is 5.79. The summed E-state index contributed by atoms with van der Waals surface area (Å²) in [4.78, 5) is 10.4. The van der Waals surface area contributed by atoms with Crippen LogP contribution in [-0.4, -0.2) is 27.1 Å². The van der Waals surface area contributed by atoms with Crippen molar-refractivity contribution in [2.45, 2.75) is 32.5 Å². The number of nitrogens with one attached hydrogen (secondary N) is 2. The summed E-state index contributed by atoms with van der Waals surface area (Å²) in [6, 6.07) is 14.2. The zero-order valence-electron chi connectivity index (χ0n) is 16.6. The lowest BCUT2D eigenvalue weighted by Crippen LogP contribution is -2.29. The molecule has 0 spiro atoms. The minimum Gasteiger partial charge on any atom is -0.497 e. The van der Waals surface area contributed by atoms with Crippen molar-refractivity contribution in [3.63, 3.8) is 0 Å². The van der Waals surface area contributed by atoms with Gasteiger partial charge in [0.25, 0.3) is 0 Å². The van der Waals surface area contributed by atoms with E-state index < -0.39 is 0 Å². The second-order valence-corrected chi connectivity index (χ2v) is 8.67. The van der Waals surface area contributed by atoms with Crippen LogP contribution in [0.4, 0.5) is 0 Å². The molecule has 2 N–H and O–H groups in total. The second-order valence-electron chi connectivity index (χ2n) is 7.21. The number of aromatic amines is 1. The number of pyridine rings is 1. The molecule has 3 aromatic rings. The van der Waals surface area contributed by atoms with Crippen LogP contribution < -0.4 is 10.1 Å². The number of thiocarbonyl (C=S) groups is 1. The topological polar surface area (TPSA) is 53.2 Å². The summed E-state index contributed by atoms with van der Waals surface area (Å²) in [6.07, 6.45) is 1.84. The van der Waals surface area contributed by atoms with Crippen LogP contribution in [0.15, 0.2) is 48.7 Å². The van der Waals surface area contributed by atoms with Crippen molar-refractivity contribution < 1.29 is 4.74 Å². The Kier molecular flexibility index (Phi) is 5.78. The molecule has 1 fully saturated rings. The Morgan fingerprint density at radius 2 is 1.90 bits per heavy atom. The Morgan fingerprint density at radius 3 is 2.48 bits per heavy atom. The van der Waals surface area contributed by atoms with Crippen LogP contribution in [0.3, 0.4) is 0 Å². The van der Waals surface area contributed by atoms with Gasteiger partial charge in [-0.25, -0.2) is 0 Å². The molecule has 5 nitrogen and oxygen atoms in total. The van der Waals surface area contributed by atoms with Crippen LogP contribution in [0.25, 0.3) is 0 Å². The Balaban J connectivity index is 1.76. The molecule has 2 atom stereocenters. The predicted octanol–water partition coefficient (Wildman–Crippen LogP) is 4.81. The number of methoxy groups -OCH3 is 1. The normalized spacial score (nSPS) is 18.8. The van der Waals surface area contributed by atoms with Crippen molar-refractivity contribution in [2.75, 3.05) is 7.11 Å². The Labute approximate surface area is 190 Å². The van der Waals surface area contributed by atoms with Crippen LogP contribution in [0.1, 0.15) is 40.3 Å². The van der Waals surface area contributed by atoms with Crippen molar-refractivity contribution in [3.8, 4) is 5.75 Å². The smallest absolute Gasteiger partial charge is 0.170 e. The van der Waals surface area contributed by atoms with Gasteiger partial charge < -0.3 is 19.9 Å². The van der Waals surface area contributed by atoms with Crippen molar-refractivity contribution in [3.05, 3.63) is 80.4 Å². The number of aryl methyl sites for hydroxylation is 2. The van der Waals surface area contributed by atoms with Gasteiger partial charge in [0.05, 0.1) is 24.9 Å². The van der Waals surface area contributed by atoms with E-state index in [1.165, 1.54) is 26.1 Å². The molecule has 150 valence electrons. The molecule has 1 saturated heterocycles. The molecule has 4 rings (SSSR count). The van der Waals surface area contributed by atoms with E-state index in [1.807, 2.05) is 30.5 Å². The first-order chi connectivity index (χ1) is 14.0. The van der Waals surface area contributed by atoms with Gasteiger partial charge in [-0.1, -0.05) is 18.2 Å². The van der Waals surface area contributed by atoms with E-state index in [0.29, 0.717) is 6.54 Å². The molecule has 29 heavy (non-hydrogen) atoms. The standard InChI is InChI=1S/C22H23IN4OS/c1-13-18(19(23)14(2)25-13)21-20(17-6-4-5-11-24-17)26-22(29)27(21)12-15-7-9-16(28-3)10-8-15/h4-11,20-21,25H,12H2,1-3H3,(H,26,29)/t20-,21-/m1/s1. The molecule has 1 aliphatic rings. The lowest BCUT2D eigenvalue weighted by molar-refractivity contribution is 0.309. The molecule has 7 heteroatoms. The summed E-state index contributed by atoms with van der Waals surface area (Å²) in [7, 11) is 1.68. The molecule has 1 aromatic carbocycles. The summed E-state index contributed by atoms with van der Waals surface area (Å²) < 4.78 is 6.54. The number of rotatable bonds is 5. The third kappa shape index (κ3) is 3.85. The van der Waals surface area contributed by atoms with Crippen molar-refractivity contribution in [2.24, 2.45) is 0 Å². The molecule has 0 bridgehead atoms. The first-order valence-electron chi connectivity index (χ1n) is 9.45.